The van der Waals surface area contributed by atoms with E-state index in [2.05, 4.69) is 49.8 Å². The van der Waals surface area contributed by atoms with Crippen molar-refractivity contribution in [2.75, 3.05) is 19.4 Å². The highest BCUT2D eigenvalue weighted by molar-refractivity contribution is 6.74. The number of ether oxygens (including phenoxy) is 1. The number of carbonyl (C=O) groups excluding carboxylic acids is 3. The van der Waals surface area contributed by atoms with Crippen LogP contribution in [-0.2, 0) is 15.8 Å². The molecule has 0 bridgehead atoms. The molecule has 3 amide bonds. The Balaban J connectivity index is 2.27. The number of benzene rings is 2. The number of alkyl carbamates (subject to hydrolysis) is 1. The van der Waals surface area contributed by atoms with Gasteiger partial charge in [0.1, 0.15) is 23.3 Å². The lowest BCUT2D eigenvalue weighted by molar-refractivity contribution is -0.170. The Morgan fingerprint density at radius 1 is 1.02 bits per heavy atom. The fourth-order valence-electron chi connectivity index (χ4n) is 6.32. The molecule has 0 radical (unpaired) electrons. The maximum Gasteiger partial charge on any atom is 0.407 e. The van der Waals surface area contributed by atoms with Gasteiger partial charge in [0.25, 0.3) is 0 Å². The van der Waals surface area contributed by atoms with Crippen molar-refractivity contribution >= 4 is 31.9 Å². The molecule has 1 aliphatic carbocycles. The first kappa shape index (κ1) is 38.0. The average molecular weight is 671 g/mol. The van der Waals surface area contributed by atoms with Crippen molar-refractivity contribution < 1.29 is 33.8 Å². The number of carbonyl (C=O) groups is 3. The minimum absolute atomic E-state index is 0.0215. The molecule has 47 heavy (non-hydrogen) atoms. The molecule has 2 aromatic carbocycles. The quantitative estimate of drug-likeness (QED) is 0.160. The van der Waals surface area contributed by atoms with Gasteiger partial charge in [-0.3, -0.25) is 4.79 Å². The van der Waals surface area contributed by atoms with Crippen LogP contribution in [0, 0.1) is 0 Å². The highest BCUT2D eigenvalue weighted by atomic mass is 28.4. The number of rotatable bonds is 11. The molecule has 6 atom stereocenters. The Labute approximate surface area is 280 Å². The number of amides is 3. The smallest absolute Gasteiger partial charge is 0.407 e. The Morgan fingerprint density at radius 3 is 2.17 bits per heavy atom. The molecule has 5 N–H and O–H groups in total. The van der Waals surface area contributed by atoms with E-state index in [0.29, 0.717) is 11.3 Å². The summed E-state index contributed by atoms with van der Waals surface area (Å²) in [6.07, 6.45) is -1.73. The highest BCUT2D eigenvalue weighted by Gasteiger charge is 2.77. The molecular weight excluding hydrogens is 616 g/mol. The first-order chi connectivity index (χ1) is 21.6. The SMILES string of the molecule is CC[C@@]1(O)[C@@H](Nc2cccc(C(C)=O)c2)[C@H](NC(=O)OCc2ccccc2)[C@@](NC(=O)N(C)C)([C@H](C)O[Si](C)(C)C(C)(C)C)[C@@]1(C)O. The lowest BCUT2D eigenvalue weighted by Gasteiger charge is -2.53. The summed E-state index contributed by atoms with van der Waals surface area (Å²) < 4.78 is 12.6. The number of nitrogens with one attached hydrogen (secondary N) is 3. The zero-order valence-electron chi connectivity index (χ0n) is 29.7. The molecule has 1 fully saturated rings. The minimum atomic E-state index is -2.58. The van der Waals surface area contributed by atoms with E-state index in [1.54, 1.807) is 52.2 Å². The third kappa shape index (κ3) is 7.35. The molecule has 11 nitrogen and oxygen atoms in total. The zero-order valence-corrected chi connectivity index (χ0v) is 30.7. The molecule has 0 heterocycles. The van der Waals surface area contributed by atoms with Crippen LogP contribution in [0.5, 0.6) is 0 Å². The number of hydrogen-bond acceptors (Lipinski definition) is 8. The van der Waals surface area contributed by atoms with E-state index in [1.165, 1.54) is 18.7 Å². The standard InChI is InChI=1S/C35H54N4O7Si/c1-12-34(44)28(36-27-20-16-19-26(21-27)23(2)40)29(37-31(42)45-22-25-17-14-13-15-18-25)35(33(34,7)43,38-30(41)39(8)9)24(3)46-47(10,11)32(4,5)6/h13-21,24,28-29,36,43-44H,12,22H2,1-11H3,(H,37,42)(H,38,41)/t24-,28-,29-,33-,34+,35-/m0/s1. The second kappa shape index (κ2) is 14.0. The highest BCUT2D eigenvalue weighted by Crippen LogP contribution is 2.53. The van der Waals surface area contributed by atoms with Crippen molar-refractivity contribution in [1.82, 2.24) is 15.5 Å². The van der Waals surface area contributed by atoms with Gasteiger partial charge in [0.05, 0.1) is 18.2 Å². The van der Waals surface area contributed by atoms with E-state index in [0.717, 1.165) is 5.56 Å². The number of anilines is 1. The molecule has 0 aromatic heterocycles. The predicted molar refractivity (Wildman–Crippen MR) is 186 cm³/mol. The van der Waals surface area contributed by atoms with Gasteiger partial charge < -0.3 is 40.2 Å². The van der Waals surface area contributed by atoms with Crippen molar-refractivity contribution in [1.29, 1.82) is 0 Å². The molecule has 1 aliphatic rings. The summed E-state index contributed by atoms with van der Waals surface area (Å²) in [5.74, 6) is -0.152. The van der Waals surface area contributed by atoms with Crippen LogP contribution in [0.3, 0.4) is 0 Å². The van der Waals surface area contributed by atoms with Gasteiger partial charge in [-0.2, -0.15) is 0 Å². The lowest BCUT2D eigenvalue weighted by atomic mass is 9.72. The average Bonchev–Trinajstić information content (AvgIpc) is 3.12. The molecule has 2 aromatic rings. The van der Waals surface area contributed by atoms with E-state index < -0.39 is 55.4 Å². The van der Waals surface area contributed by atoms with Crippen LogP contribution in [-0.4, -0.2) is 90.4 Å². The van der Waals surface area contributed by atoms with Crippen LogP contribution in [0.2, 0.25) is 18.1 Å². The van der Waals surface area contributed by atoms with E-state index in [9.17, 15) is 24.6 Å². The maximum absolute atomic E-state index is 13.7. The fraction of sp³-hybridized carbons (Fsp3) is 0.571. The van der Waals surface area contributed by atoms with Crippen LogP contribution in [0.4, 0.5) is 15.3 Å². The third-order valence-corrected chi connectivity index (χ3v) is 14.8. The van der Waals surface area contributed by atoms with Gasteiger partial charge in [-0.1, -0.05) is 70.2 Å². The number of Topliss-reactive ketones (excluding diaryl/α,β-unsaturated/α-hetero) is 1. The van der Waals surface area contributed by atoms with Crippen molar-refractivity contribution in [2.45, 2.75) is 115 Å². The van der Waals surface area contributed by atoms with Crippen molar-refractivity contribution in [3.05, 3.63) is 65.7 Å². The second-order valence-corrected chi connectivity index (χ2v) is 19.3. The number of ketones is 1. The number of hydrogen-bond donors (Lipinski definition) is 5. The minimum Gasteiger partial charge on any atom is -0.445 e. The summed E-state index contributed by atoms with van der Waals surface area (Å²) in [6.45, 7) is 16.7. The molecule has 260 valence electrons. The van der Waals surface area contributed by atoms with Crippen LogP contribution >= 0.6 is 0 Å². The number of urea groups is 1. The largest absolute Gasteiger partial charge is 0.445 e. The van der Waals surface area contributed by atoms with Gasteiger partial charge in [-0.05, 0) is 63.0 Å². The zero-order chi connectivity index (χ0) is 35.6. The summed E-state index contributed by atoms with van der Waals surface area (Å²) in [5, 5.41) is 34.4. The van der Waals surface area contributed by atoms with Gasteiger partial charge in [0, 0.05) is 25.3 Å². The predicted octanol–water partition coefficient (Wildman–Crippen LogP) is 5.29. The summed E-state index contributed by atoms with van der Waals surface area (Å²) in [6, 6.07) is 13.1. The first-order valence-electron chi connectivity index (χ1n) is 16.1. The van der Waals surface area contributed by atoms with Crippen LogP contribution < -0.4 is 16.0 Å². The summed E-state index contributed by atoms with van der Waals surface area (Å²) >= 11 is 0. The molecule has 0 unspecified atom stereocenters. The monoisotopic (exact) mass is 670 g/mol. The van der Waals surface area contributed by atoms with Crippen LogP contribution in [0.1, 0.15) is 70.8 Å². The summed E-state index contributed by atoms with van der Waals surface area (Å²) in [4.78, 5) is 40.9. The normalized spacial score (nSPS) is 26.7. The fourth-order valence-corrected chi connectivity index (χ4v) is 7.74. The topological polar surface area (TPSA) is 149 Å². The van der Waals surface area contributed by atoms with Crippen molar-refractivity contribution in [2.24, 2.45) is 0 Å². The number of nitrogens with zero attached hydrogens (tertiary/aromatic N) is 1. The Kier molecular flexibility index (Phi) is 11.3. The van der Waals surface area contributed by atoms with Gasteiger partial charge in [0.15, 0.2) is 14.1 Å². The Morgan fingerprint density at radius 2 is 1.64 bits per heavy atom. The van der Waals surface area contributed by atoms with Crippen LogP contribution in [0.25, 0.3) is 0 Å². The lowest BCUT2D eigenvalue weighted by Crippen LogP contribution is -2.78. The molecule has 1 saturated carbocycles. The molecule has 12 heteroatoms. The third-order valence-electron chi connectivity index (χ3n) is 10.2. The molecular formula is C35H54N4O7Si. The molecule has 0 saturated heterocycles. The Bertz CT molecular complexity index is 1430. The Hall–Kier alpha value is -3.45. The summed E-state index contributed by atoms with van der Waals surface area (Å²) in [5.41, 5.74) is -4.19. The van der Waals surface area contributed by atoms with Crippen molar-refractivity contribution in [3.8, 4) is 0 Å². The van der Waals surface area contributed by atoms with Crippen LogP contribution in [0.15, 0.2) is 54.6 Å². The van der Waals surface area contributed by atoms with Gasteiger partial charge >= 0.3 is 12.1 Å². The molecule has 0 aliphatic heterocycles. The van der Waals surface area contributed by atoms with E-state index in [-0.39, 0.29) is 23.8 Å². The van der Waals surface area contributed by atoms with Gasteiger partial charge in [-0.15, -0.1) is 0 Å². The second-order valence-electron chi connectivity index (χ2n) is 14.5. The summed E-state index contributed by atoms with van der Waals surface area (Å²) in [7, 11) is 0.550. The van der Waals surface area contributed by atoms with E-state index >= 15 is 0 Å². The van der Waals surface area contributed by atoms with Gasteiger partial charge in [-0.25, -0.2) is 9.59 Å². The van der Waals surface area contributed by atoms with E-state index in [1.807, 2.05) is 30.3 Å². The van der Waals surface area contributed by atoms with Gasteiger partial charge in [0.2, 0.25) is 0 Å². The van der Waals surface area contributed by atoms with Crippen molar-refractivity contribution in [3.63, 3.8) is 0 Å². The maximum atomic E-state index is 13.7. The van der Waals surface area contributed by atoms with E-state index in [4.69, 9.17) is 9.16 Å². The number of aliphatic hydroxyl groups is 2. The first-order valence-corrected chi connectivity index (χ1v) is 19.0. The molecule has 0 spiro atoms. The molecule has 3 rings (SSSR count).